The fourth-order valence-electron chi connectivity index (χ4n) is 1.52. The highest BCUT2D eigenvalue weighted by molar-refractivity contribution is 5.73. The summed E-state index contributed by atoms with van der Waals surface area (Å²) in [5.74, 6) is 6.33. The number of nitrogens with zero attached hydrogens (tertiary/aromatic N) is 4. The third kappa shape index (κ3) is 1.29. The van der Waals surface area contributed by atoms with Gasteiger partial charge in [0.25, 0.3) is 5.56 Å². The summed E-state index contributed by atoms with van der Waals surface area (Å²) < 4.78 is 2.66. The summed E-state index contributed by atoms with van der Waals surface area (Å²) in [5.41, 5.74) is 0.321. The molecule has 0 unspecified atom stereocenters. The average Bonchev–Trinajstić information content (AvgIpc) is 2.53. The van der Waals surface area contributed by atoms with Crippen molar-refractivity contribution in [3.63, 3.8) is 0 Å². The molecule has 0 radical (unpaired) electrons. The third-order valence-electron chi connectivity index (χ3n) is 2.34. The van der Waals surface area contributed by atoms with Crippen LogP contribution in [0.5, 0.6) is 0 Å². The van der Waals surface area contributed by atoms with Crippen LogP contribution in [-0.4, -0.2) is 19.4 Å². The van der Waals surface area contributed by atoms with E-state index in [0.717, 1.165) is 4.68 Å². The highest BCUT2D eigenvalue weighted by Crippen LogP contribution is 2.12. The largest absolute Gasteiger partial charge is 0.335 e. The maximum Gasteiger partial charge on any atom is 0.283 e. The van der Waals surface area contributed by atoms with Crippen molar-refractivity contribution in [3.8, 4) is 0 Å². The number of nitrogen functional groups attached to an aromatic ring is 1. The topological polar surface area (TPSA) is 78.7 Å². The molecule has 0 fully saturated rings. The van der Waals surface area contributed by atoms with Gasteiger partial charge in [0.15, 0.2) is 5.65 Å². The minimum Gasteiger partial charge on any atom is -0.335 e. The smallest absolute Gasteiger partial charge is 0.283 e. The first kappa shape index (κ1) is 9.70. The second-order valence-corrected chi connectivity index (χ2v) is 3.81. The maximum absolute atomic E-state index is 11.8. The molecule has 0 aliphatic heterocycles. The molecular formula is C9H13N5O. The van der Waals surface area contributed by atoms with Crippen LogP contribution < -0.4 is 11.4 Å². The molecule has 0 bridgehead atoms. The average molecular weight is 207 g/mol. The summed E-state index contributed by atoms with van der Waals surface area (Å²) in [6.45, 7) is 3.88. The Labute approximate surface area is 86.3 Å². The van der Waals surface area contributed by atoms with Crippen LogP contribution in [0.4, 0.5) is 0 Å². The number of aryl methyl sites for hydroxylation is 1. The summed E-state index contributed by atoms with van der Waals surface area (Å²) >= 11 is 0. The van der Waals surface area contributed by atoms with Crippen molar-refractivity contribution in [2.75, 3.05) is 5.84 Å². The van der Waals surface area contributed by atoms with Gasteiger partial charge in [-0.3, -0.25) is 9.48 Å². The zero-order valence-electron chi connectivity index (χ0n) is 8.93. The van der Waals surface area contributed by atoms with Gasteiger partial charge in [0.2, 0.25) is 0 Å². The van der Waals surface area contributed by atoms with Crippen LogP contribution in [0.15, 0.2) is 11.0 Å². The number of hydrogen-bond donors (Lipinski definition) is 1. The molecule has 0 amide bonds. The van der Waals surface area contributed by atoms with Crippen LogP contribution in [0.2, 0.25) is 0 Å². The van der Waals surface area contributed by atoms with E-state index < -0.39 is 0 Å². The van der Waals surface area contributed by atoms with Gasteiger partial charge in [0.1, 0.15) is 11.2 Å². The van der Waals surface area contributed by atoms with Gasteiger partial charge in [-0.1, -0.05) is 13.8 Å². The van der Waals surface area contributed by atoms with Crippen molar-refractivity contribution in [2.24, 2.45) is 7.05 Å². The summed E-state index contributed by atoms with van der Waals surface area (Å²) in [7, 11) is 1.75. The number of hydrogen-bond acceptors (Lipinski definition) is 4. The lowest BCUT2D eigenvalue weighted by molar-refractivity contribution is 0.693. The lowest BCUT2D eigenvalue weighted by Gasteiger charge is -2.09. The molecule has 2 rings (SSSR count). The van der Waals surface area contributed by atoms with Crippen LogP contribution in [0.3, 0.4) is 0 Å². The molecule has 2 N–H and O–H groups in total. The van der Waals surface area contributed by atoms with E-state index in [4.69, 9.17) is 5.84 Å². The molecule has 0 atom stereocenters. The van der Waals surface area contributed by atoms with E-state index in [-0.39, 0.29) is 11.5 Å². The highest BCUT2D eigenvalue weighted by Gasteiger charge is 2.13. The summed E-state index contributed by atoms with van der Waals surface area (Å²) in [6.07, 6.45) is 1.48. The molecule has 15 heavy (non-hydrogen) atoms. The molecule has 6 nitrogen and oxygen atoms in total. The Morgan fingerprint density at radius 2 is 2.13 bits per heavy atom. The first-order valence-corrected chi connectivity index (χ1v) is 4.72. The fraction of sp³-hybridized carbons (Fsp3) is 0.444. The normalized spacial score (nSPS) is 11.5. The van der Waals surface area contributed by atoms with E-state index in [1.165, 1.54) is 6.20 Å². The second kappa shape index (κ2) is 3.08. The molecule has 0 saturated carbocycles. The predicted octanol–water partition coefficient (Wildman–Crippen LogP) is -0.0328. The molecule has 2 aromatic heterocycles. The van der Waals surface area contributed by atoms with Crippen LogP contribution in [0.1, 0.15) is 25.6 Å². The zero-order chi connectivity index (χ0) is 11.2. The molecule has 80 valence electrons. The van der Waals surface area contributed by atoms with Crippen LogP contribution in [0.25, 0.3) is 11.0 Å². The van der Waals surface area contributed by atoms with Crippen molar-refractivity contribution in [1.82, 2.24) is 19.4 Å². The standard InChI is InChI=1S/C9H13N5O/c1-5(2)7-12-8-6(4-11-13(8)3)9(15)14(7)10/h4-5H,10H2,1-3H3. The Balaban J connectivity index is 2.91. The van der Waals surface area contributed by atoms with Gasteiger partial charge in [-0.15, -0.1) is 0 Å². The van der Waals surface area contributed by atoms with E-state index in [1.54, 1.807) is 11.7 Å². The van der Waals surface area contributed by atoms with Gasteiger partial charge in [0.05, 0.1) is 6.20 Å². The van der Waals surface area contributed by atoms with Gasteiger partial charge in [-0.25, -0.2) is 9.66 Å². The van der Waals surface area contributed by atoms with E-state index in [0.29, 0.717) is 16.9 Å². The predicted molar refractivity (Wildman–Crippen MR) is 57.0 cm³/mol. The van der Waals surface area contributed by atoms with Gasteiger partial charge in [0, 0.05) is 13.0 Å². The van der Waals surface area contributed by atoms with Crippen molar-refractivity contribution in [1.29, 1.82) is 0 Å². The maximum atomic E-state index is 11.8. The Morgan fingerprint density at radius 3 is 2.73 bits per heavy atom. The van der Waals surface area contributed by atoms with Gasteiger partial charge < -0.3 is 5.84 Å². The molecule has 0 saturated heterocycles. The molecule has 0 aliphatic carbocycles. The number of aromatic nitrogens is 4. The van der Waals surface area contributed by atoms with Crippen molar-refractivity contribution < 1.29 is 0 Å². The van der Waals surface area contributed by atoms with E-state index in [2.05, 4.69) is 10.1 Å². The molecule has 0 aromatic carbocycles. The fourth-order valence-corrected chi connectivity index (χ4v) is 1.52. The van der Waals surface area contributed by atoms with Crippen LogP contribution in [0, 0.1) is 0 Å². The molecule has 0 aliphatic rings. The summed E-state index contributed by atoms with van der Waals surface area (Å²) in [6, 6.07) is 0. The second-order valence-electron chi connectivity index (χ2n) is 3.81. The Bertz CT molecular complexity index is 566. The van der Waals surface area contributed by atoms with Crippen molar-refractivity contribution in [3.05, 3.63) is 22.4 Å². The van der Waals surface area contributed by atoms with E-state index >= 15 is 0 Å². The van der Waals surface area contributed by atoms with Gasteiger partial charge in [-0.05, 0) is 0 Å². The lowest BCUT2D eigenvalue weighted by Crippen LogP contribution is -2.32. The van der Waals surface area contributed by atoms with Crippen molar-refractivity contribution >= 4 is 11.0 Å². The first-order chi connectivity index (χ1) is 7.02. The Kier molecular flexibility index (Phi) is 1.99. The van der Waals surface area contributed by atoms with Gasteiger partial charge in [-0.2, -0.15) is 5.10 Å². The number of nitrogens with two attached hydrogens (primary N) is 1. The summed E-state index contributed by atoms with van der Waals surface area (Å²) in [5, 5.41) is 4.43. The first-order valence-electron chi connectivity index (χ1n) is 4.72. The molecule has 2 aromatic rings. The minimum absolute atomic E-state index is 0.0991. The molecule has 2 heterocycles. The number of rotatable bonds is 1. The monoisotopic (exact) mass is 207 g/mol. The quantitative estimate of drug-likeness (QED) is 0.666. The Morgan fingerprint density at radius 1 is 1.47 bits per heavy atom. The van der Waals surface area contributed by atoms with Crippen molar-refractivity contribution in [2.45, 2.75) is 19.8 Å². The molecular weight excluding hydrogens is 194 g/mol. The highest BCUT2D eigenvalue weighted by atomic mass is 16.1. The van der Waals surface area contributed by atoms with Crippen LogP contribution in [-0.2, 0) is 7.05 Å². The SMILES string of the molecule is CC(C)c1nc2c(cnn2C)c(=O)n1N. The number of fused-ring (bicyclic) bond motifs is 1. The zero-order valence-corrected chi connectivity index (χ0v) is 8.93. The van der Waals surface area contributed by atoms with Crippen LogP contribution >= 0.6 is 0 Å². The third-order valence-corrected chi connectivity index (χ3v) is 2.34. The lowest BCUT2D eigenvalue weighted by atomic mass is 10.2. The van der Waals surface area contributed by atoms with E-state index in [1.807, 2.05) is 13.8 Å². The molecule has 6 heteroatoms. The minimum atomic E-state index is -0.253. The Hall–Kier alpha value is -1.85. The summed E-state index contributed by atoms with van der Waals surface area (Å²) in [4.78, 5) is 16.1. The van der Waals surface area contributed by atoms with E-state index in [9.17, 15) is 4.79 Å². The van der Waals surface area contributed by atoms with Gasteiger partial charge >= 0.3 is 0 Å². The molecule has 0 spiro atoms.